The number of aliphatic carboxylic acids is 1. The van der Waals surface area contributed by atoms with E-state index in [0.29, 0.717) is 37.3 Å². The number of nitrogens with one attached hydrogen (secondary N) is 5. The molecule has 42 heavy (non-hydrogen) atoms. The Bertz CT molecular complexity index is 1310. The van der Waals surface area contributed by atoms with Crippen LogP contribution in [0.1, 0.15) is 36.9 Å². The summed E-state index contributed by atoms with van der Waals surface area (Å²) in [6, 6.07) is 3.55. The molecule has 0 fully saturated rings. The lowest BCUT2D eigenvalue weighted by Crippen LogP contribution is -2.58. The van der Waals surface area contributed by atoms with E-state index in [2.05, 4.69) is 30.9 Å². The van der Waals surface area contributed by atoms with Crippen molar-refractivity contribution in [3.63, 3.8) is 0 Å². The summed E-state index contributed by atoms with van der Waals surface area (Å²) < 4.78 is 0. The van der Waals surface area contributed by atoms with Crippen LogP contribution in [0.25, 0.3) is 10.9 Å². The average Bonchev–Trinajstić information content (AvgIpc) is 3.64. The number of nitrogens with zero attached hydrogens (tertiary/aromatic N) is 1. The van der Waals surface area contributed by atoms with Crippen molar-refractivity contribution in [2.24, 2.45) is 11.5 Å². The number of carbonyl (C=O) groups is 4. The van der Waals surface area contributed by atoms with E-state index in [1.165, 1.54) is 24.3 Å². The molecule has 3 amide bonds. The third kappa shape index (κ3) is 9.60. The van der Waals surface area contributed by atoms with E-state index in [1.807, 2.05) is 36.7 Å². The van der Waals surface area contributed by atoms with Crippen LogP contribution in [-0.2, 0) is 32.0 Å². The van der Waals surface area contributed by atoms with Crippen LogP contribution in [0.3, 0.4) is 0 Å². The molecule has 3 aromatic rings. The second-order valence-electron chi connectivity index (χ2n) is 10.0. The van der Waals surface area contributed by atoms with Gasteiger partial charge in [0.25, 0.3) is 0 Å². The van der Waals surface area contributed by atoms with Crippen molar-refractivity contribution in [2.45, 2.75) is 62.7 Å². The number of benzene rings is 1. The van der Waals surface area contributed by atoms with Crippen LogP contribution < -0.4 is 27.4 Å². The van der Waals surface area contributed by atoms with Crippen molar-refractivity contribution in [1.29, 1.82) is 0 Å². The Hall–Kier alpha value is -3.88. The standard InChI is InChI=1S/C28H40N8O5S/c1-42-11-9-22(34-25(37)20(30)12-17-14-32-21-7-3-2-6-19(17)21)26(38)36-24(13-18-15-31-16-33-18)27(39)35-23(28(40)41)8-4-5-10-29/h2-3,6-7,14-16,20,22-24,32H,4-5,8-13,29-30H2,1H3,(H,31,33)(H,34,37)(H,35,39)(H,36,38)(H,40,41). The lowest BCUT2D eigenvalue weighted by molar-refractivity contribution is -0.142. The number of rotatable bonds is 18. The van der Waals surface area contributed by atoms with Crippen LogP contribution in [0.2, 0.25) is 0 Å². The molecule has 228 valence electrons. The summed E-state index contributed by atoms with van der Waals surface area (Å²) in [7, 11) is 0. The predicted octanol–water partition coefficient (Wildman–Crippen LogP) is 0.425. The molecule has 3 rings (SSSR count). The molecule has 2 aromatic heterocycles. The summed E-state index contributed by atoms with van der Waals surface area (Å²) in [5.41, 5.74) is 14.1. The zero-order valence-corrected chi connectivity index (χ0v) is 24.4. The number of thioether (sulfide) groups is 1. The van der Waals surface area contributed by atoms with Gasteiger partial charge in [-0.15, -0.1) is 0 Å². The molecule has 0 aliphatic rings. The number of fused-ring (bicyclic) bond motifs is 1. The Morgan fingerprint density at radius 3 is 2.36 bits per heavy atom. The molecule has 0 saturated carbocycles. The molecule has 2 heterocycles. The van der Waals surface area contributed by atoms with E-state index in [-0.39, 0.29) is 19.3 Å². The highest BCUT2D eigenvalue weighted by atomic mass is 32.2. The number of carboxylic acids is 1. The number of H-pyrrole nitrogens is 2. The van der Waals surface area contributed by atoms with Crippen molar-refractivity contribution in [3.8, 4) is 0 Å². The van der Waals surface area contributed by atoms with Crippen LogP contribution in [-0.4, -0.2) is 86.5 Å². The van der Waals surface area contributed by atoms with Gasteiger partial charge in [-0.25, -0.2) is 9.78 Å². The number of imidazole rings is 1. The third-order valence-electron chi connectivity index (χ3n) is 6.87. The molecule has 0 aliphatic carbocycles. The Morgan fingerprint density at radius 2 is 1.67 bits per heavy atom. The van der Waals surface area contributed by atoms with Crippen molar-refractivity contribution in [3.05, 3.63) is 54.2 Å². The number of hydrogen-bond acceptors (Lipinski definition) is 8. The molecule has 4 unspecified atom stereocenters. The van der Waals surface area contributed by atoms with Crippen molar-refractivity contribution < 1.29 is 24.3 Å². The molecular formula is C28H40N8O5S. The number of aromatic nitrogens is 3. The molecule has 0 saturated heterocycles. The number of nitrogens with two attached hydrogens (primary N) is 2. The van der Waals surface area contributed by atoms with Gasteiger partial charge in [-0.2, -0.15) is 11.8 Å². The zero-order valence-electron chi connectivity index (χ0n) is 23.6. The van der Waals surface area contributed by atoms with Gasteiger partial charge in [-0.1, -0.05) is 18.2 Å². The molecule has 1 aromatic carbocycles. The first-order valence-corrected chi connectivity index (χ1v) is 15.2. The first kappa shape index (κ1) is 32.6. The summed E-state index contributed by atoms with van der Waals surface area (Å²) in [6.07, 6.45) is 8.58. The molecule has 0 bridgehead atoms. The van der Waals surface area contributed by atoms with Gasteiger partial charge in [0.05, 0.1) is 12.4 Å². The minimum absolute atomic E-state index is 0.0377. The Kier molecular flexibility index (Phi) is 12.8. The molecule has 10 N–H and O–H groups in total. The van der Waals surface area contributed by atoms with Gasteiger partial charge in [0.15, 0.2) is 0 Å². The maximum atomic E-state index is 13.5. The lowest BCUT2D eigenvalue weighted by Gasteiger charge is -2.25. The van der Waals surface area contributed by atoms with E-state index in [1.54, 1.807) is 0 Å². The van der Waals surface area contributed by atoms with E-state index in [4.69, 9.17) is 11.5 Å². The number of amides is 3. The largest absolute Gasteiger partial charge is 0.480 e. The molecule has 0 radical (unpaired) electrons. The van der Waals surface area contributed by atoms with Crippen molar-refractivity contribution in [1.82, 2.24) is 30.9 Å². The number of hydrogen-bond donors (Lipinski definition) is 8. The maximum Gasteiger partial charge on any atom is 0.326 e. The Morgan fingerprint density at radius 1 is 0.952 bits per heavy atom. The van der Waals surface area contributed by atoms with Crippen molar-refractivity contribution >= 4 is 46.4 Å². The van der Waals surface area contributed by atoms with Crippen molar-refractivity contribution in [2.75, 3.05) is 18.6 Å². The number of unbranched alkanes of at least 4 members (excludes halogenated alkanes) is 1. The van der Waals surface area contributed by atoms with Crippen LogP contribution in [0.5, 0.6) is 0 Å². The fourth-order valence-corrected chi connectivity index (χ4v) is 5.01. The summed E-state index contributed by atoms with van der Waals surface area (Å²) >= 11 is 1.50. The second-order valence-corrected chi connectivity index (χ2v) is 11.0. The Balaban J connectivity index is 1.70. The molecular weight excluding hydrogens is 560 g/mol. The second kappa shape index (κ2) is 16.5. The third-order valence-corrected chi connectivity index (χ3v) is 7.51. The maximum absolute atomic E-state index is 13.5. The summed E-state index contributed by atoms with van der Waals surface area (Å²) in [4.78, 5) is 61.6. The topological polar surface area (TPSA) is 221 Å². The van der Waals surface area contributed by atoms with Crippen LogP contribution in [0.15, 0.2) is 43.0 Å². The number of aromatic amines is 2. The normalized spacial score (nSPS) is 14.1. The van der Waals surface area contributed by atoms with Gasteiger partial charge >= 0.3 is 5.97 Å². The first-order chi connectivity index (χ1) is 20.2. The van der Waals surface area contributed by atoms with Gasteiger partial charge in [0.1, 0.15) is 18.1 Å². The number of carbonyl (C=O) groups excluding carboxylic acids is 3. The fraction of sp³-hybridized carbons (Fsp3) is 0.464. The van der Waals surface area contributed by atoms with E-state index < -0.39 is 47.9 Å². The highest BCUT2D eigenvalue weighted by molar-refractivity contribution is 7.98. The highest BCUT2D eigenvalue weighted by Crippen LogP contribution is 2.19. The van der Waals surface area contributed by atoms with E-state index >= 15 is 0 Å². The van der Waals surface area contributed by atoms with Gasteiger partial charge in [0.2, 0.25) is 17.7 Å². The monoisotopic (exact) mass is 600 g/mol. The quantitative estimate of drug-likeness (QED) is 0.0947. The first-order valence-electron chi connectivity index (χ1n) is 13.8. The fourth-order valence-electron chi connectivity index (χ4n) is 4.53. The van der Waals surface area contributed by atoms with Crippen LogP contribution in [0, 0.1) is 0 Å². The summed E-state index contributed by atoms with van der Waals surface area (Å²) in [5, 5.41) is 18.6. The SMILES string of the molecule is CSCCC(NC(=O)C(N)Cc1c[nH]c2ccccc12)C(=O)NC(Cc1cnc[nH]1)C(=O)NC(CCCCN)C(=O)O. The average molecular weight is 601 g/mol. The van der Waals surface area contributed by atoms with Crippen LogP contribution >= 0.6 is 11.8 Å². The molecule has 0 spiro atoms. The van der Waals surface area contributed by atoms with E-state index in [9.17, 15) is 24.3 Å². The van der Waals surface area contributed by atoms with Gasteiger partial charge in [-0.05, 0) is 62.3 Å². The molecule has 0 aliphatic heterocycles. The zero-order chi connectivity index (χ0) is 30.5. The van der Waals surface area contributed by atoms with Gasteiger partial charge < -0.3 is 42.5 Å². The number of para-hydroxylation sites is 1. The highest BCUT2D eigenvalue weighted by Gasteiger charge is 2.30. The minimum Gasteiger partial charge on any atom is -0.480 e. The summed E-state index contributed by atoms with van der Waals surface area (Å²) in [6.45, 7) is 0.410. The number of carboxylic acid groups (broad SMARTS) is 1. The smallest absolute Gasteiger partial charge is 0.326 e. The lowest BCUT2D eigenvalue weighted by atomic mass is 10.0. The Labute approximate surface area is 248 Å². The van der Waals surface area contributed by atoms with Gasteiger partial charge in [-0.3, -0.25) is 14.4 Å². The van der Waals surface area contributed by atoms with E-state index in [0.717, 1.165) is 16.5 Å². The molecule has 13 nitrogen and oxygen atoms in total. The molecule has 14 heteroatoms. The van der Waals surface area contributed by atoms with Gasteiger partial charge in [0, 0.05) is 35.4 Å². The molecule has 4 atom stereocenters. The minimum atomic E-state index is -1.18. The van der Waals surface area contributed by atoms with Crippen LogP contribution in [0.4, 0.5) is 0 Å². The predicted molar refractivity (Wildman–Crippen MR) is 162 cm³/mol. The summed E-state index contributed by atoms with van der Waals surface area (Å²) in [5.74, 6) is -2.35.